The number of nitrogens with one attached hydrogen (secondary N) is 1. The Morgan fingerprint density at radius 1 is 1.50 bits per heavy atom. The van der Waals surface area contributed by atoms with E-state index in [1.807, 2.05) is 13.8 Å². The normalized spacial score (nSPS) is 15.4. The lowest BCUT2D eigenvalue weighted by Crippen LogP contribution is -2.27. The third-order valence-corrected chi connectivity index (χ3v) is 4.32. The molecule has 1 aliphatic rings. The molecule has 0 aliphatic carbocycles. The largest absolute Gasteiger partial charge is 0.478 e. The Hall–Kier alpha value is -1.75. The molecule has 0 aromatic carbocycles. The Labute approximate surface area is 165 Å². The van der Waals surface area contributed by atoms with Gasteiger partial charge in [-0.05, 0) is 13.8 Å². The lowest BCUT2D eigenvalue weighted by molar-refractivity contribution is 0.0958. The maximum Gasteiger partial charge on any atom is 0.278 e. The van der Waals surface area contributed by atoms with Crippen LogP contribution >= 0.6 is 23.7 Å². The summed E-state index contributed by atoms with van der Waals surface area (Å²) in [5.41, 5.74) is 0. The minimum absolute atomic E-state index is 0. The fourth-order valence-corrected chi connectivity index (χ4v) is 2.66. The summed E-state index contributed by atoms with van der Waals surface area (Å²) in [6, 6.07) is 0.422. The summed E-state index contributed by atoms with van der Waals surface area (Å²) in [4.78, 5) is 18.8. The van der Waals surface area contributed by atoms with Crippen LogP contribution in [0.5, 0.6) is 5.19 Å². The first-order valence-electron chi connectivity index (χ1n) is 8.40. The van der Waals surface area contributed by atoms with E-state index in [2.05, 4.69) is 40.9 Å². The van der Waals surface area contributed by atoms with Gasteiger partial charge in [-0.15, -0.1) is 24.2 Å². The van der Waals surface area contributed by atoms with Crippen molar-refractivity contribution < 1.29 is 14.3 Å². The quantitative estimate of drug-likeness (QED) is 0.452. The average Bonchev–Trinajstić information content (AvgIpc) is 3.21. The molecule has 0 atom stereocenters. The maximum atomic E-state index is 12.0. The van der Waals surface area contributed by atoms with Gasteiger partial charge in [-0.25, -0.2) is 4.98 Å². The molecule has 6 nitrogen and oxygen atoms in total. The first-order chi connectivity index (χ1) is 12.0. The Bertz CT molecular complexity index is 677. The van der Waals surface area contributed by atoms with Gasteiger partial charge in [0.25, 0.3) is 11.1 Å². The van der Waals surface area contributed by atoms with Gasteiger partial charge in [0, 0.05) is 24.9 Å². The molecule has 26 heavy (non-hydrogen) atoms. The maximum absolute atomic E-state index is 12.0. The predicted molar refractivity (Wildman–Crippen MR) is 105 cm³/mol. The third kappa shape index (κ3) is 7.24. The molecule has 0 unspecified atom stereocenters. The van der Waals surface area contributed by atoms with Gasteiger partial charge in [0.2, 0.25) is 0 Å². The Morgan fingerprint density at radius 2 is 2.27 bits per heavy atom. The van der Waals surface area contributed by atoms with Crippen molar-refractivity contribution in [3.63, 3.8) is 0 Å². The highest BCUT2D eigenvalue weighted by atomic mass is 35.5. The van der Waals surface area contributed by atoms with Crippen molar-refractivity contribution >= 4 is 29.7 Å². The van der Waals surface area contributed by atoms with Crippen LogP contribution in [0.25, 0.3) is 0 Å². The van der Waals surface area contributed by atoms with Crippen molar-refractivity contribution in [2.45, 2.75) is 40.2 Å². The van der Waals surface area contributed by atoms with Crippen molar-refractivity contribution in [2.75, 3.05) is 19.8 Å². The summed E-state index contributed by atoms with van der Waals surface area (Å²) in [5.74, 6) is 7.05. The Kier molecular flexibility index (Phi) is 9.49. The molecule has 0 bridgehead atoms. The number of hydrogen-bond acceptors (Lipinski definition) is 6. The van der Waals surface area contributed by atoms with Gasteiger partial charge >= 0.3 is 0 Å². The van der Waals surface area contributed by atoms with Gasteiger partial charge in [-0.2, -0.15) is 0 Å². The molecule has 2 heterocycles. The van der Waals surface area contributed by atoms with Crippen LogP contribution in [0.3, 0.4) is 0 Å². The van der Waals surface area contributed by atoms with Crippen LogP contribution in [0, 0.1) is 17.8 Å². The number of rotatable bonds is 6. The molecule has 1 amide bonds. The first kappa shape index (κ1) is 22.3. The Balaban J connectivity index is 0.00000338. The molecule has 1 aromatic heterocycles. The fourth-order valence-electron chi connectivity index (χ4n) is 2.00. The molecule has 0 radical (unpaired) electrons. The highest BCUT2D eigenvalue weighted by Crippen LogP contribution is 2.22. The zero-order valence-corrected chi connectivity index (χ0v) is 17.2. The zero-order chi connectivity index (χ0) is 18.2. The van der Waals surface area contributed by atoms with Crippen LogP contribution in [0.2, 0.25) is 0 Å². The number of nitrogens with zero attached hydrogens (tertiary/aromatic N) is 2. The van der Waals surface area contributed by atoms with E-state index in [-0.39, 0.29) is 18.3 Å². The first-order valence-corrected chi connectivity index (χ1v) is 9.22. The van der Waals surface area contributed by atoms with E-state index in [9.17, 15) is 4.79 Å². The molecule has 2 rings (SSSR count). The zero-order valence-electron chi connectivity index (χ0n) is 15.6. The van der Waals surface area contributed by atoms with Crippen LogP contribution in [0.1, 0.15) is 43.8 Å². The van der Waals surface area contributed by atoms with E-state index in [4.69, 9.17) is 9.47 Å². The molecule has 1 N–H and O–H groups in total. The molecule has 0 spiro atoms. The van der Waals surface area contributed by atoms with Crippen molar-refractivity contribution in [1.29, 1.82) is 0 Å². The summed E-state index contributed by atoms with van der Waals surface area (Å²) in [5, 5.41) is 3.25. The number of ether oxygens (including phenoxy) is 2. The van der Waals surface area contributed by atoms with Gasteiger partial charge < -0.3 is 14.8 Å². The van der Waals surface area contributed by atoms with E-state index < -0.39 is 0 Å². The molecule has 1 fully saturated rings. The van der Waals surface area contributed by atoms with E-state index >= 15 is 0 Å². The van der Waals surface area contributed by atoms with Crippen LogP contribution in [-0.2, 0) is 4.74 Å². The number of carbonyl (C=O) groups excluding carboxylic acids is 1. The third-order valence-electron chi connectivity index (χ3n) is 3.43. The number of amides is 1. The minimum Gasteiger partial charge on any atom is -0.478 e. The van der Waals surface area contributed by atoms with Gasteiger partial charge in [0.05, 0.1) is 12.7 Å². The van der Waals surface area contributed by atoms with E-state index in [1.165, 1.54) is 17.5 Å². The topological polar surface area (TPSA) is 63.7 Å². The van der Waals surface area contributed by atoms with Gasteiger partial charge in [-0.3, -0.25) is 9.69 Å². The van der Waals surface area contributed by atoms with Crippen LogP contribution in [0.15, 0.2) is 18.2 Å². The highest BCUT2D eigenvalue weighted by molar-refractivity contribution is 7.15. The fraction of sp³-hybridized carbons (Fsp3) is 0.556. The molecule has 144 valence electrons. The van der Waals surface area contributed by atoms with Crippen molar-refractivity contribution in [3.8, 4) is 17.0 Å². The monoisotopic (exact) mass is 399 g/mol. The highest BCUT2D eigenvalue weighted by Gasteiger charge is 2.20. The van der Waals surface area contributed by atoms with Gasteiger partial charge in [-0.1, -0.05) is 25.2 Å². The molecular formula is C18H26ClN3O3S. The number of halogens is 1. The van der Waals surface area contributed by atoms with Crippen LogP contribution in [0.4, 0.5) is 0 Å². The number of carbonyl (C=O) groups is 1. The number of hydrogen-bond donors (Lipinski definition) is 1. The molecule has 1 aliphatic heterocycles. The molecule has 1 saturated heterocycles. The molecule has 8 heteroatoms. The molecule has 1 aromatic rings. The summed E-state index contributed by atoms with van der Waals surface area (Å²) >= 11 is 1.20. The second-order valence-electron chi connectivity index (χ2n) is 6.29. The molecular weight excluding hydrogens is 374 g/mol. The van der Waals surface area contributed by atoms with Crippen LogP contribution < -0.4 is 10.1 Å². The van der Waals surface area contributed by atoms with Crippen LogP contribution in [-0.4, -0.2) is 41.7 Å². The summed E-state index contributed by atoms with van der Waals surface area (Å²) < 4.78 is 11.1. The SMILES string of the molecule is CC(C)C#CCCNC(=O)c1cnc(OC=C2CN(C(C)C)CO2)s1.Cl. The second kappa shape index (κ2) is 11.1. The van der Waals surface area contributed by atoms with Crippen molar-refractivity contribution in [2.24, 2.45) is 5.92 Å². The summed E-state index contributed by atoms with van der Waals surface area (Å²) in [6.45, 7) is 10.1. The second-order valence-corrected chi connectivity index (χ2v) is 7.28. The Morgan fingerprint density at radius 3 is 2.92 bits per heavy atom. The standard InChI is InChI=1S/C18H25N3O3S.ClH/c1-13(2)7-5-6-8-19-17(22)16-9-20-18(25-16)23-11-15-10-21(12-24-15)14(3)4;/h9,11,13-14H,6,8,10,12H2,1-4H3,(H,19,22);1H. The molecule has 0 saturated carbocycles. The van der Waals surface area contributed by atoms with Gasteiger partial charge in [0.15, 0.2) is 0 Å². The summed E-state index contributed by atoms with van der Waals surface area (Å²) in [6.07, 6.45) is 3.72. The minimum atomic E-state index is -0.158. The predicted octanol–water partition coefficient (Wildman–Crippen LogP) is 3.26. The average molecular weight is 400 g/mol. The van der Waals surface area contributed by atoms with E-state index in [0.29, 0.717) is 48.3 Å². The lowest BCUT2D eigenvalue weighted by Gasteiger charge is -2.15. The number of aromatic nitrogens is 1. The van der Waals surface area contributed by atoms with Crippen molar-refractivity contribution in [1.82, 2.24) is 15.2 Å². The van der Waals surface area contributed by atoms with Gasteiger partial charge in [0.1, 0.15) is 23.6 Å². The summed E-state index contributed by atoms with van der Waals surface area (Å²) in [7, 11) is 0. The van der Waals surface area contributed by atoms with E-state index in [0.717, 1.165) is 5.76 Å². The lowest BCUT2D eigenvalue weighted by atomic mass is 10.2. The van der Waals surface area contributed by atoms with E-state index in [1.54, 1.807) is 6.26 Å². The number of thiazole rings is 1. The van der Waals surface area contributed by atoms with Crippen molar-refractivity contribution in [3.05, 3.63) is 23.1 Å². The smallest absolute Gasteiger partial charge is 0.278 e.